The summed E-state index contributed by atoms with van der Waals surface area (Å²) in [5, 5.41) is 0. The van der Waals surface area contributed by atoms with E-state index in [1.54, 1.807) is 6.92 Å². The summed E-state index contributed by atoms with van der Waals surface area (Å²) in [5.74, 6) is -3.06. The van der Waals surface area contributed by atoms with E-state index in [0.717, 1.165) is 6.07 Å². The van der Waals surface area contributed by atoms with Gasteiger partial charge in [0.05, 0.1) is 0 Å². The topological polar surface area (TPSA) is 26.0 Å². The Kier molecular flexibility index (Phi) is 2.93. The Labute approximate surface area is 74.4 Å². The van der Waals surface area contributed by atoms with Crippen molar-refractivity contribution in [2.24, 2.45) is 5.73 Å². The molecule has 0 saturated heterocycles. The Morgan fingerprint density at radius 1 is 1.31 bits per heavy atom. The molecular formula is C9H10F3N. The maximum atomic E-state index is 13.0. The summed E-state index contributed by atoms with van der Waals surface area (Å²) >= 11 is 0. The first kappa shape index (κ1) is 10.1. The molecule has 0 spiro atoms. The average molecular weight is 189 g/mol. The summed E-state index contributed by atoms with van der Waals surface area (Å²) < 4.78 is 38.3. The Bertz CT molecular complexity index is 312. The van der Waals surface area contributed by atoms with Crippen molar-refractivity contribution in [2.45, 2.75) is 19.4 Å². The third-order valence-corrected chi connectivity index (χ3v) is 1.86. The molecule has 72 valence electrons. The molecule has 0 heterocycles. The van der Waals surface area contributed by atoms with Crippen LogP contribution >= 0.6 is 0 Å². The van der Waals surface area contributed by atoms with E-state index >= 15 is 0 Å². The second-order valence-electron chi connectivity index (χ2n) is 2.81. The van der Waals surface area contributed by atoms with Gasteiger partial charge in [-0.1, -0.05) is 6.92 Å². The van der Waals surface area contributed by atoms with Gasteiger partial charge in [0.25, 0.3) is 0 Å². The van der Waals surface area contributed by atoms with Crippen LogP contribution in [0.15, 0.2) is 12.1 Å². The standard InChI is InChI=1S/C9H10F3N/c1-2-8(13)6-3-5(10)4-7(11)9(6)12/h3-4,8H,2,13H2,1H3/t8-/m1/s1. The number of nitrogens with two attached hydrogens (primary N) is 1. The molecule has 1 nitrogen and oxygen atoms in total. The van der Waals surface area contributed by atoms with Crippen LogP contribution in [0, 0.1) is 17.5 Å². The van der Waals surface area contributed by atoms with E-state index in [4.69, 9.17) is 5.73 Å². The van der Waals surface area contributed by atoms with Crippen molar-refractivity contribution < 1.29 is 13.2 Å². The molecule has 0 unspecified atom stereocenters. The molecule has 1 rings (SSSR count). The Balaban J connectivity index is 3.20. The second-order valence-corrected chi connectivity index (χ2v) is 2.81. The van der Waals surface area contributed by atoms with Crippen molar-refractivity contribution in [3.8, 4) is 0 Å². The molecule has 0 amide bonds. The van der Waals surface area contributed by atoms with Gasteiger partial charge in [0, 0.05) is 17.7 Å². The highest BCUT2D eigenvalue weighted by Crippen LogP contribution is 2.21. The predicted molar refractivity (Wildman–Crippen MR) is 43.5 cm³/mol. The van der Waals surface area contributed by atoms with Gasteiger partial charge in [-0.15, -0.1) is 0 Å². The molecule has 4 heteroatoms. The zero-order valence-corrected chi connectivity index (χ0v) is 7.15. The second kappa shape index (κ2) is 3.79. The summed E-state index contributed by atoms with van der Waals surface area (Å²) in [4.78, 5) is 0. The van der Waals surface area contributed by atoms with E-state index < -0.39 is 23.5 Å². The van der Waals surface area contributed by atoms with E-state index in [0.29, 0.717) is 12.5 Å². The van der Waals surface area contributed by atoms with Crippen molar-refractivity contribution in [3.63, 3.8) is 0 Å². The highest BCUT2D eigenvalue weighted by atomic mass is 19.2. The van der Waals surface area contributed by atoms with Gasteiger partial charge in [0.1, 0.15) is 5.82 Å². The van der Waals surface area contributed by atoms with Gasteiger partial charge in [-0.25, -0.2) is 13.2 Å². The van der Waals surface area contributed by atoms with Crippen LogP contribution in [0.2, 0.25) is 0 Å². The first-order valence-corrected chi connectivity index (χ1v) is 3.96. The van der Waals surface area contributed by atoms with Crippen molar-refractivity contribution in [2.75, 3.05) is 0 Å². The Morgan fingerprint density at radius 2 is 1.92 bits per heavy atom. The summed E-state index contributed by atoms with van der Waals surface area (Å²) in [7, 11) is 0. The third kappa shape index (κ3) is 2.01. The number of hydrogen-bond acceptors (Lipinski definition) is 1. The SMILES string of the molecule is CC[C@@H](N)c1cc(F)cc(F)c1F. The van der Waals surface area contributed by atoms with Gasteiger partial charge in [-0.3, -0.25) is 0 Å². The summed E-state index contributed by atoms with van der Waals surface area (Å²) in [6.45, 7) is 1.72. The van der Waals surface area contributed by atoms with E-state index in [-0.39, 0.29) is 5.56 Å². The van der Waals surface area contributed by atoms with Crippen LogP contribution in [0.3, 0.4) is 0 Å². The fourth-order valence-corrected chi connectivity index (χ4v) is 1.07. The minimum Gasteiger partial charge on any atom is -0.324 e. The quantitative estimate of drug-likeness (QED) is 0.711. The Morgan fingerprint density at radius 3 is 2.46 bits per heavy atom. The molecule has 2 N–H and O–H groups in total. The van der Waals surface area contributed by atoms with Crippen LogP contribution in [0.4, 0.5) is 13.2 Å². The molecule has 0 aliphatic heterocycles. The smallest absolute Gasteiger partial charge is 0.163 e. The average Bonchev–Trinajstić information content (AvgIpc) is 2.10. The van der Waals surface area contributed by atoms with Crippen LogP contribution < -0.4 is 5.73 Å². The van der Waals surface area contributed by atoms with E-state index in [1.807, 2.05) is 0 Å². The lowest BCUT2D eigenvalue weighted by molar-refractivity contribution is 0.473. The van der Waals surface area contributed by atoms with Gasteiger partial charge >= 0.3 is 0 Å². The molecule has 0 bridgehead atoms. The van der Waals surface area contributed by atoms with Gasteiger partial charge in [0.2, 0.25) is 0 Å². The van der Waals surface area contributed by atoms with E-state index in [1.165, 1.54) is 0 Å². The van der Waals surface area contributed by atoms with Crippen LogP contribution in [-0.4, -0.2) is 0 Å². The van der Waals surface area contributed by atoms with Crippen LogP contribution in [0.5, 0.6) is 0 Å². The molecule has 1 atom stereocenters. The maximum Gasteiger partial charge on any atom is 0.163 e. The van der Waals surface area contributed by atoms with Gasteiger partial charge in [-0.2, -0.15) is 0 Å². The monoisotopic (exact) mass is 189 g/mol. The molecule has 0 aromatic heterocycles. The lowest BCUT2D eigenvalue weighted by atomic mass is 10.0. The molecule has 0 radical (unpaired) electrons. The molecule has 1 aromatic carbocycles. The number of benzene rings is 1. The van der Waals surface area contributed by atoms with Gasteiger partial charge in [-0.05, 0) is 12.5 Å². The first-order chi connectivity index (χ1) is 6.06. The normalized spacial score (nSPS) is 13.0. The van der Waals surface area contributed by atoms with Crippen molar-refractivity contribution in [1.82, 2.24) is 0 Å². The predicted octanol–water partition coefficient (Wildman–Crippen LogP) is 2.51. The molecular weight excluding hydrogens is 179 g/mol. The highest BCUT2D eigenvalue weighted by Gasteiger charge is 2.15. The van der Waals surface area contributed by atoms with Crippen LogP contribution in [0.1, 0.15) is 24.9 Å². The van der Waals surface area contributed by atoms with Crippen molar-refractivity contribution in [3.05, 3.63) is 35.1 Å². The number of hydrogen-bond donors (Lipinski definition) is 1. The van der Waals surface area contributed by atoms with Gasteiger partial charge < -0.3 is 5.73 Å². The molecule has 0 fully saturated rings. The lowest BCUT2D eigenvalue weighted by Gasteiger charge is -2.10. The summed E-state index contributed by atoms with van der Waals surface area (Å²) in [6, 6.07) is 0.763. The zero-order valence-electron chi connectivity index (χ0n) is 7.15. The van der Waals surface area contributed by atoms with E-state index in [9.17, 15) is 13.2 Å². The fraction of sp³-hybridized carbons (Fsp3) is 0.333. The van der Waals surface area contributed by atoms with Gasteiger partial charge in [0.15, 0.2) is 11.6 Å². The summed E-state index contributed by atoms with van der Waals surface area (Å²) in [5.41, 5.74) is 5.35. The minimum absolute atomic E-state index is 0.111. The maximum absolute atomic E-state index is 13.0. The largest absolute Gasteiger partial charge is 0.324 e. The zero-order chi connectivity index (χ0) is 10.0. The molecule has 1 aromatic rings. The fourth-order valence-electron chi connectivity index (χ4n) is 1.07. The molecule has 0 aliphatic rings. The lowest BCUT2D eigenvalue weighted by Crippen LogP contribution is -2.12. The number of halogens is 3. The molecule has 13 heavy (non-hydrogen) atoms. The highest BCUT2D eigenvalue weighted by molar-refractivity contribution is 5.23. The molecule has 0 saturated carbocycles. The van der Waals surface area contributed by atoms with Crippen molar-refractivity contribution >= 4 is 0 Å². The third-order valence-electron chi connectivity index (χ3n) is 1.86. The Hall–Kier alpha value is -1.03. The minimum atomic E-state index is -1.20. The number of rotatable bonds is 2. The van der Waals surface area contributed by atoms with Crippen molar-refractivity contribution in [1.29, 1.82) is 0 Å². The van der Waals surface area contributed by atoms with Crippen LogP contribution in [0.25, 0.3) is 0 Å². The van der Waals surface area contributed by atoms with E-state index in [2.05, 4.69) is 0 Å². The first-order valence-electron chi connectivity index (χ1n) is 3.96. The summed E-state index contributed by atoms with van der Waals surface area (Å²) in [6.07, 6.45) is 0.430. The van der Waals surface area contributed by atoms with Crippen LogP contribution in [-0.2, 0) is 0 Å². The molecule has 0 aliphatic carbocycles.